The van der Waals surface area contributed by atoms with E-state index in [4.69, 9.17) is 0 Å². The second kappa shape index (κ2) is 6.52. The summed E-state index contributed by atoms with van der Waals surface area (Å²) in [7, 11) is -3.37. The van der Waals surface area contributed by atoms with Crippen LogP contribution in [-0.2, 0) is 16.4 Å². The molecule has 0 radical (unpaired) electrons. The molecule has 1 N–H and O–H groups in total. The summed E-state index contributed by atoms with van der Waals surface area (Å²) in [6, 6.07) is 6.98. The van der Waals surface area contributed by atoms with E-state index in [2.05, 4.69) is 20.7 Å². The van der Waals surface area contributed by atoms with Gasteiger partial charge in [0, 0.05) is 11.4 Å². The van der Waals surface area contributed by atoms with Crippen molar-refractivity contribution in [3.05, 3.63) is 29.8 Å². The number of aryl methyl sites for hydroxylation is 1. The molecule has 0 saturated heterocycles. The van der Waals surface area contributed by atoms with E-state index in [1.54, 1.807) is 12.1 Å². The van der Waals surface area contributed by atoms with Crippen LogP contribution in [0.4, 0.5) is 0 Å². The number of hydrogen-bond acceptors (Lipinski definition) is 2. The van der Waals surface area contributed by atoms with Crippen LogP contribution >= 0.6 is 15.9 Å². The van der Waals surface area contributed by atoms with E-state index in [1.165, 1.54) is 0 Å². The molecule has 5 heteroatoms. The topological polar surface area (TPSA) is 46.2 Å². The van der Waals surface area contributed by atoms with Gasteiger partial charge in [0.1, 0.15) is 0 Å². The van der Waals surface area contributed by atoms with Crippen molar-refractivity contribution in [3.8, 4) is 0 Å². The van der Waals surface area contributed by atoms with Crippen molar-refractivity contribution in [2.75, 3.05) is 5.33 Å². The van der Waals surface area contributed by atoms with Gasteiger partial charge in [0.15, 0.2) is 0 Å². The van der Waals surface area contributed by atoms with Gasteiger partial charge >= 0.3 is 0 Å². The summed E-state index contributed by atoms with van der Waals surface area (Å²) in [5.74, 6) is 0. The smallest absolute Gasteiger partial charge is 0.208 e. The number of rotatable bonds is 6. The Hall–Kier alpha value is -0.390. The van der Waals surface area contributed by atoms with Crippen molar-refractivity contribution in [2.45, 2.75) is 37.6 Å². The van der Waals surface area contributed by atoms with Gasteiger partial charge in [-0.25, -0.2) is 13.1 Å². The van der Waals surface area contributed by atoms with Crippen LogP contribution in [0.2, 0.25) is 0 Å². The lowest BCUT2D eigenvalue weighted by atomic mass is 10.2. The number of nitrogens with one attached hydrogen (secondary N) is 1. The second-order valence-electron chi connectivity index (χ2n) is 4.01. The Morgan fingerprint density at radius 3 is 2.35 bits per heavy atom. The number of sulfonamides is 1. The molecule has 3 nitrogen and oxygen atoms in total. The lowest BCUT2D eigenvalue weighted by Crippen LogP contribution is -2.31. The van der Waals surface area contributed by atoms with Crippen LogP contribution < -0.4 is 4.72 Å². The van der Waals surface area contributed by atoms with Crippen molar-refractivity contribution < 1.29 is 8.42 Å². The minimum absolute atomic E-state index is 0.0396. The molecule has 0 bridgehead atoms. The molecule has 0 saturated carbocycles. The SMILES string of the molecule is CCC(C)NS(=O)(=O)c1ccc(CCBr)cc1. The number of benzene rings is 1. The van der Waals surface area contributed by atoms with E-state index in [1.807, 2.05) is 26.0 Å². The Balaban J connectivity index is 2.85. The van der Waals surface area contributed by atoms with E-state index in [-0.39, 0.29) is 6.04 Å². The van der Waals surface area contributed by atoms with Gasteiger partial charge < -0.3 is 0 Å². The van der Waals surface area contributed by atoms with Gasteiger partial charge in [0.2, 0.25) is 10.0 Å². The molecule has 0 aliphatic heterocycles. The van der Waals surface area contributed by atoms with Crippen LogP contribution in [0.15, 0.2) is 29.2 Å². The largest absolute Gasteiger partial charge is 0.240 e. The monoisotopic (exact) mass is 319 g/mol. The molecule has 0 fully saturated rings. The zero-order chi connectivity index (χ0) is 12.9. The minimum atomic E-state index is -3.37. The van der Waals surface area contributed by atoms with E-state index < -0.39 is 10.0 Å². The average Bonchev–Trinajstić information content (AvgIpc) is 2.29. The first-order chi connectivity index (χ1) is 7.99. The highest BCUT2D eigenvalue weighted by Gasteiger charge is 2.15. The fraction of sp³-hybridized carbons (Fsp3) is 0.500. The molecular formula is C12H18BrNO2S. The molecular weight excluding hydrogens is 302 g/mol. The highest BCUT2D eigenvalue weighted by Crippen LogP contribution is 2.12. The number of alkyl halides is 1. The lowest BCUT2D eigenvalue weighted by molar-refractivity contribution is 0.556. The van der Waals surface area contributed by atoms with E-state index >= 15 is 0 Å². The Kier molecular flexibility index (Phi) is 5.62. The normalized spacial score (nSPS) is 13.6. The zero-order valence-electron chi connectivity index (χ0n) is 10.1. The van der Waals surface area contributed by atoms with Crippen LogP contribution in [-0.4, -0.2) is 19.8 Å². The Bertz CT molecular complexity index is 442. The van der Waals surface area contributed by atoms with Crippen LogP contribution in [0, 0.1) is 0 Å². The Morgan fingerprint density at radius 1 is 1.29 bits per heavy atom. The summed E-state index contributed by atoms with van der Waals surface area (Å²) in [5, 5.41) is 0.879. The summed E-state index contributed by atoms with van der Waals surface area (Å²) >= 11 is 3.36. The molecule has 1 rings (SSSR count). The standard InChI is InChI=1S/C12H18BrNO2S/c1-3-10(2)14-17(15,16)12-6-4-11(5-7-12)8-9-13/h4-7,10,14H,3,8-9H2,1-2H3. The molecule has 0 spiro atoms. The van der Waals surface area contributed by atoms with Gasteiger partial charge in [-0.1, -0.05) is 35.0 Å². The molecule has 17 heavy (non-hydrogen) atoms. The molecule has 1 unspecified atom stereocenters. The predicted octanol–water partition coefficient (Wildman–Crippen LogP) is 2.70. The Morgan fingerprint density at radius 2 is 1.88 bits per heavy atom. The maximum absolute atomic E-state index is 12.0. The van der Waals surface area contributed by atoms with Crippen molar-refractivity contribution in [1.82, 2.24) is 4.72 Å². The summed E-state index contributed by atoms with van der Waals surface area (Å²) in [6.45, 7) is 3.81. The highest BCUT2D eigenvalue weighted by molar-refractivity contribution is 9.09. The molecule has 1 aromatic rings. The lowest BCUT2D eigenvalue weighted by Gasteiger charge is -2.12. The first-order valence-corrected chi connectivity index (χ1v) is 8.27. The number of halogens is 1. The van der Waals surface area contributed by atoms with Crippen LogP contribution in [0.25, 0.3) is 0 Å². The van der Waals surface area contributed by atoms with Crippen molar-refractivity contribution in [3.63, 3.8) is 0 Å². The average molecular weight is 320 g/mol. The molecule has 0 aliphatic carbocycles. The predicted molar refractivity (Wildman–Crippen MR) is 74.0 cm³/mol. The van der Waals surface area contributed by atoms with Crippen molar-refractivity contribution >= 4 is 26.0 Å². The van der Waals surface area contributed by atoms with Gasteiger partial charge in [-0.3, -0.25) is 0 Å². The molecule has 0 heterocycles. The van der Waals surface area contributed by atoms with E-state index in [9.17, 15) is 8.42 Å². The fourth-order valence-electron chi connectivity index (χ4n) is 1.36. The summed E-state index contributed by atoms with van der Waals surface area (Å²) in [6.07, 6.45) is 1.68. The molecule has 96 valence electrons. The van der Waals surface area contributed by atoms with E-state index in [0.29, 0.717) is 4.90 Å². The first kappa shape index (κ1) is 14.7. The fourth-order valence-corrected chi connectivity index (χ4v) is 3.15. The molecule has 0 aromatic heterocycles. The maximum atomic E-state index is 12.0. The molecule has 1 atom stereocenters. The van der Waals surface area contributed by atoms with E-state index in [0.717, 1.165) is 23.7 Å². The summed E-state index contributed by atoms with van der Waals surface area (Å²) < 4.78 is 26.5. The Labute approximate surface area is 112 Å². The van der Waals surface area contributed by atoms with Crippen LogP contribution in [0.1, 0.15) is 25.8 Å². The van der Waals surface area contributed by atoms with Gasteiger partial charge in [-0.15, -0.1) is 0 Å². The minimum Gasteiger partial charge on any atom is -0.208 e. The van der Waals surface area contributed by atoms with Crippen LogP contribution in [0.3, 0.4) is 0 Å². The zero-order valence-corrected chi connectivity index (χ0v) is 12.5. The summed E-state index contributed by atoms with van der Waals surface area (Å²) in [4.78, 5) is 0.330. The van der Waals surface area contributed by atoms with Crippen molar-refractivity contribution in [1.29, 1.82) is 0 Å². The third-order valence-electron chi connectivity index (χ3n) is 2.59. The molecule has 0 amide bonds. The highest BCUT2D eigenvalue weighted by atomic mass is 79.9. The second-order valence-corrected chi connectivity index (χ2v) is 6.52. The molecule has 0 aliphatic rings. The van der Waals surface area contributed by atoms with Gasteiger partial charge in [-0.05, 0) is 37.5 Å². The van der Waals surface area contributed by atoms with Crippen molar-refractivity contribution in [2.24, 2.45) is 0 Å². The van der Waals surface area contributed by atoms with Gasteiger partial charge in [0.05, 0.1) is 4.90 Å². The third-order valence-corrected chi connectivity index (χ3v) is 4.59. The van der Waals surface area contributed by atoms with Gasteiger partial charge in [-0.2, -0.15) is 0 Å². The third kappa shape index (κ3) is 4.41. The molecule has 1 aromatic carbocycles. The summed E-state index contributed by atoms with van der Waals surface area (Å²) in [5.41, 5.74) is 1.13. The van der Waals surface area contributed by atoms with Crippen LogP contribution in [0.5, 0.6) is 0 Å². The maximum Gasteiger partial charge on any atom is 0.240 e. The first-order valence-electron chi connectivity index (χ1n) is 5.67. The number of hydrogen-bond donors (Lipinski definition) is 1. The van der Waals surface area contributed by atoms with Gasteiger partial charge in [0.25, 0.3) is 0 Å². The quantitative estimate of drug-likeness (QED) is 0.819.